The highest BCUT2D eigenvalue weighted by Crippen LogP contribution is 2.42. The molecule has 1 amide bonds. The van der Waals surface area contributed by atoms with Crippen LogP contribution in [0.2, 0.25) is 10.0 Å². The molecule has 1 unspecified atom stereocenters. The molecular weight excluding hydrogens is 356 g/mol. The normalized spacial score (nSPS) is 16.5. The Hall–Kier alpha value is -1.79. The van der Waals surface area contributed by atoms with E-state index in [4.69, 9.17) is 27.9 Å². The minimum Gasteiger partial charge on any atom is -0.486 e. The standard InChI is InChI=1S/C16H18Cl2FN3O2/c1-3-5-24-16-11(19)7-10(17)15(18)14(16)9-6-12(20-8-9)21-22-13(23)4-2/h3,7,9H,1,4-6,8H2,2H3,(H,20,21)(H,22,23). The van der Waals surface area contributed by atoms with E-state index in [-0.39, 0.29) is 34.2 Å². The van der Waals surface area contributed by atoms with Crippen molar-refractivity contribution in [3.63, 3.8) is 0 Å². The maximum Gasteiger partial charge on any atom is 0.238 e. The fourth-order valence-electron chi connectivity index (χ4n) is 2.35. The maximum absolute atomic E-state index is 14.3. The van der Waals surface area contributed by atoms with Gasteiger partial charge in [-0.3, -0.25) is 20.6 Å². The van der Waals surface area contributed by atoms with Crippen LogP contribution in [-0.2, 0) is 4.79 Å². The fourth-order valence-corrected chi connectivity index (χ4v) is 2.84. The van der Waals surface area contributed by atoms with Gasteiger partial charge in [0.15, 0.2) is 11.6 Å². The molecule has 0 aromatic heterocycles. The number of nitrogens with zero attached hydrogens (tertiary/aromatic N) is 1. The smallest absolute Gasteiger partial charge is 0.238 e. The van der Waals surface area contributed by atoms with Gasteiger partial charge in [-0.05, 0) is 6.07 Å². The molecule has 1 aliphatic heterocycles. The van der Waals surface area contributed by atoms with E-state index in [2.05, 4.69) is 22.4 Å². The van der Waals surface area contributed by atoms with Gasteiger partial charge in [0.05, 0.1) is 10.0 Å². The Morgan fingerprint density at radius 3 is 3.00 bits per heavy atom. The van der Waals surface area contributed by atoms with Crippen LogP contribution in [-0.4, -0.2) is 24.9 Å². The molecule has 0 radical (unpaired) electrons. The van der Waals surface area contributed by atoms with Gasteiger partial charge in [0.1, 0.15) is 12.4 Å². The molecule has 0 spiro atoms. The SMILES string of the molecule is C=CCOc1c(F)cc(Cl)c(Cl)c1C1CN=C(NNC(=O)CC)C1. The van der Waals surface area contributed by atoms with Crippen molar-refractivity contribution in [1.82, 2.24) is 10.9 Å². The first-order valence-corrected chi connectivity index (χ1v) is 8.22. The molecular formula is C16H18Cl2FN3O2. The highest BCUT2D eigenvalue weighted by Gasteiger charge is 2.29. The van der Waals surface area contributed by atoms with Crippen LogP contribution < -0.4 is 15.6 Å². The Labute approximate surface area is 149 Å². The Kier molecular flexibility index (Phi) is 6.45. The Morgan fingerprint density at radius 2 is 2.33 bits per heavy atom. The number of hydrogen-bond acceptors (Lipinski definition) is 4. The number of halogens is 3. The molecule has 0 aliphatic carbocycles. The summed E-state index contributed by atoms with van der Waals surface area (Å²) in [5.41, 5.74) is 5.78. The predicted molar refractivity (Wildman–Crippen MR) is 93.3 cm³/mol. The molecule has 8 heteroatoms. The summed E-state index contributed by atoms with van der Waals surface area (Å²) in [5.74, 6) is -0.284. The van der Waals surface area contributed by atoms with Crippen LogP contribution in [0.4, 0.5) is 4.39 Å². The zero-order valence-electron chi connectivity index (χ0n) is 13.2. The zero-order valence-corrected chi connectivity index (χ0v) is 14.7. The number of rotatable bonds is 5. The van der Waals surface area contributed by atoms with Crippen LogP contribution in [0.5, 0.6) is 5.75 Å². The van der Waals surface area contributed by atoms with E-state index in [0.29, 0.717) is 30.8 Å². The van der Waals surface area contributed by atoms with Gasteiger partial charge >= 0.3 is 0 Å². The molecule has 1 atom stereocenters. The van der Waals surface area contributed by atoms with E-state index in [0.717, 1.165) is 6.07 Å². The summed E-state index contributed by atoms with van der Waals surface area (Å²) >= 11 is 12.3. The molecule has 1 aliphatic rings. The Morgan fingerprint density at radius 1 is 1.58 bits per heavy atom. The quantitative estimate of drug-likeness (QED) is 0.470. The molecule has 0 bridgehead atoms. The van der Waals surface area contributed by atoms with E-state index in [1.807, 2.05) is 0 Å². The van der Waals surface area contributed by atoms with Gasteiger partial charge in [0.25, 0.3) is 0 Å². The summed E-state index contributed by atoms with van der Waals surface area (Å²) in [4.78, 5) is 15.6. The van der Waals surface area contributed by atoms with Gasteiger partial charge in [0.2, 0.25) is 5.91 Å². The van der Waals surface area contributed by atoms with E-state index < -0.39 is 5.82 Å². The summed E-state index contributed by atoms with van der Waals surface area (Å²) in [6, 6.07) is 1.13. The Bertz CT molecular complexity index is 680. The zero-order chi connectivity index (χ0) is 17.7. The van der Waals surface area contributed by atoms with Crippen LogP contribution in [0, 0.1) is 5.82 Å². The third-order valence-electron chi connectivity index (χ3n) is 3.52. The minimum absolute atomic E-state index is 0.0587. The lowest BCUT2D eigenvalue weighted by molar-refractivity contribution is -0.121. The molecule has 2 N–H and O–H groups in total. The number of hydrogen-bond donors (Lipinski definition) is 2. The lowest BCUT2D eigenvalue weighted by Gasteiger charge is -2.18. The van der Waals surface area contributed by atoms with E-state index in [1.54, 1.807) is 6.92 Å². The van der Waals surface area contributed by atoms with E-state index in [1.165, 1.54) is 6.08 Å². The second-order valence-corrected chi connectivity index (χ2v) is 6.00. The molecule has 5 nitrogen and oxygen atoms in total. The van der Waals surface area contributed by atoms with Gasteiger partial charge in [-0.1, -0.05) is 42.8 Å². The average molecular weight is 374 g/mol. The van der Waals surface area contributed by atoms with Crippen LogP contribution in [0.1, 0.15) is 31.2 Å². The molecule has 0 saturated carbocycles. The third-order valence-corrected chi connectivity index (χ3v) is 4.33. The number of carbonyl (C=O) groups excluding carboxylic acids is 1. The van der Waals surface area contributed by atoms with Crippen molar-refractivity contribution < 1.29 is 13.9 Å². The molecule has 1 aromatic carbocycles. The second kappa shape index (κ2) is 8.35. The summed E-state index contributed by atoms with van der Waals surface area (Å²) in [6.45, 7) is 5.83. The highest BCUT2D eigenvalue weighted by atomic mass is 35.5. The summed E-state index contributed by atoms with van der Waals surface area (Å²) in [5, 5.41) is 0.368. The molecule has 0 saturated heterocycles. The summed E-state index contributed by atoms with van der Waals surface area (Å²) < 4.78 is 19.7. The highest BCUT2D eigenvalue weighted by molar-refractivity contribution is 6.42. The average Bonchev–Trinajstić information content (AvgIpc) is 3.03. The number of amidine groups is 1. The van der Waals surface area contributed by atoms with Crippen molar-refractivity contribution in [2.24, 2.45) is 4.99 Å². The minimum atomic E-state index is -0.582. The number of nitrogens with one attached hydrogen (secondary N) is 2. The van der Waals surface area contributed by atoms with E-state index in [9.17, 15) is 9.18 Å². The number of hydrazine groups is 1. The number of aliphatic imine (C=N–C) groups is 1. The largest absolute Gasteiger partial charge is 0.486 e. The maximum atomic E-state index is 14.3. The van der Waals surface area contributed by atoms with E-state index >= 15 is 0 Å². The summed E-state index contributed by atoms with van der Waals surface area (Å²) in [6.07, 6.45) is 2.33. The Balaban J connectivity index is 2.20. The topological polar surface area (TPSA) is 62.7 Å². The number of benzene rings is 1. The molecule has 2 rings (SSSR count). The van der Waals surface area contributed by atoms with Crippen molar-refractivity contribution in [3.8, 4) is 5.75 Å². The van der Waals surface area contributed by atoms with Gasteiger partial charge in [-0.25, -0.2) is 4.39 Å². The van der Waals surface area contributed by atoms with Crippen LogP contribution in [0.15, 0.2) is 23.7 Å². The fraction of sp³-hybridized carbons (Fsp3) is 0.375. The van der Waals surface area contributed by atoms with Gasteiger partial charge in [0, 0.05) is 30.9 Å². The first-order chi connectivity index (χ1) is 11.5. The predicted octanol–water partition coefficient (Wildman–Crippen LogP) is 3.61. The first-order valence-electron chi connectivity index (χ1n) is 7.47. The second-order valence-electron chi connectivity index (χ2n) is 5.21. The molecule has 1 heterocycles. The molecule has 1 aromatic rings. The monoisotopic (exact) mass is 373 g/mol. The van der Waals surface area contributed by atoms with Crippen LogP contribution in [0.3, 0.4) is 0 Å². The lowest BCUT2D eigenvalue weighted by Crippen LogP contribution is -2.40. The van der Waals surface area contributed by atoms with Gasteiger partial charge < -0.3 is 4.74 Å². The number of carbonyl (C=O) groups is 1. The first kappa shape index (κ1) is 18.5. The summed E-state index contributed by atoms with van der Waals surface area (Å²) in [7, 11) is 0. The number of ether oxygens (including phenoxy) is 1. The number of amides is 1. The van der Waals surface area contributed by atoms with Crippen molar-refractivity contribution in [1.29, 1.82) is 0 Å². The third kappa shape index (κ3) is 4.19. The van der Waals surface area contributed by atoms with Crippen LogP contribution in [0.25, 0.3) is 0 Å². The molecule has 0 fully saturated rings. The lowest BCUT2D eigenvalue weighted by atomic mass is 9.96. The molecule has 24 heavy (non-hydrogen) atoms. The van der Waals surface area contributed by atoms with Crippen molar-refractivity contribution in [2.45, 2.75) is 25.7 Å². The molecule has 130 valence electrons. The van der Waals surface area contributed by atoms with Gasteiger partial charge in [-0.2, -0.15) is 0 Å². The van der Waals surface area contributed by atoms with Gasteiger partial charge in [-0.15, -0.1) is 0 Å². The van der Waals surface area contributed by atoms with Crippen molar-refractivity contribution in [3.05, 3.63) is 40.1 Å². The van der Waals surface area contributed by atoms with Crippen molar-refractivity contribution in [2.75, 3.05) is 13.2 Å². The van der Waals surface area contributed by atoms with Crippen LogP contribution >= 0.6 is 23.2 Å². The van der Waals surface area contributed by atoms with Crippen molar-refractivity contribution >= 4 is 34.9 Å².